The van der Waals surface area contributed by atoms with Gasteiger partial charge < -0.3 is 9.73 Å². The predicted octanol–water partition coefficient (Wildman–Crippen LogP) is 4.87. The Labute approximate surface area is 157 Å². The SMILES string of the molecule is C[S@@](=O)Cc1cc(NC(=O)c2ccc(-c3ccccc3F)o2)ccc1Cl. The Balaban J connectivity index is 1.79. The fourth-order valence-electron chi connectivity index (χ4n) is 2.44. The van der Waals surface area contributed by atoms with E-state index in [9.17, 15) is 13.4 Å². The molecule has 134 valence electrons. The molecule has 0 radical (unpaired) electrons. The lowest BCUT2D eigenvalue weighted by Gasteiger charge is -2.07. The van der Waals surface area contributed by atoms with Crippen molar-refractivity contribution in [2.24, 2.45) is 0 Å². The molecular formula is C19H15ClFNO3S. The zero-order valence-corrected chi connectivity index (χ0v) is 15.4. The Morgan fingerprint density at radius 2 is 1.96 bits per heavy atom. The lowest BCUT2D eigenvalue weighted by molar-refractivity contribution is 0.0997. The average Bonchev–Trinajstić information content (AvgIpc) is 3.08. The zero-order valence-electron chi connectivity index (χ0n) is 13.8. The maximum Gasteiger partial charge on any atom is 0.291 e. The van der Waals surface area contributed by atoms with E-state index in [0.29, 0.717) is 22.0 Å². The van der Waals surface area contributed by atoms with Crippen LogP contribution in [0.3, 0.4) is 0 Å². The summed E-state index contributed by atoms with van der Waals surface area (Å²) >= 11 is 6.08. The minimum Gasteiger partial charge on any atom is -0.451 e. The number of hydrogen-bond acceptors (Lipinski definition) is 3. The van der Waals surface area contributed by atoms with E-state index in [1.54, 1.807) is 48.7 Å². The number of halogens is 2. The van der Waals surface area contributed by atoms with Crippen molar-refractivity contribution in [2.75, 3.05) is 11.6 Å². The van der Waals surface area contributed by atoms with Crippen LogP contribution < -0.4 is 5.32 Å². The summed E-state index contributed by atoms with van der Waals surface area (Å²) in [6.45, 7) is 0. The summed E-state index contributed by atoms with van der Waals surface area (Å²) in [6, 6.07) is 14.1. The van der Waals surface area contributed by atoms with Gasteiger partial charge in [0, 0.05) is 33.5 Å². The van der Waals surface area contributed by atoms with Crippen molar-refractivity contribution in [2.45, 2.75) is 5.75 Å². The first-order valence-corrected chi connectivity index (χ1v) is 9.79. The molecule has 0 unspecified atom stereocenters. The Kier molecular flexibility index (Phi) is 5.54. The highest BCUT2D eigenvalue weighted by Gasteiger charge is 2.15. The highest BCUT2D eigenvalue weighted by atomic mass is 35.5. The van der Waals surface area contributed by atoms with Gasteiger partial charge in [0.15, 0.2) is 5.76 Å². The maximum atomic E-state index is 13.8. The lowest BCUT2D eigenvalue weighted by Crippen LogP contribution is -2.11. The number of benzene rings is 2. The largest absolute Gasteiger partial charge is 0.451 e. The topological polar surface area (TPSA) is 59.3 Å². The van der Waals surface area contributed by atoms with Crippen LogP contribution >= 0.6 is 11.6 Å². The normalized spacial score (nSPS) is 12.0. The van der Waals surface area contributed by atoms with E-state index in [1.165, 1.54) is 12.1 Å². The molecule has 1 aromatic heterocycles. The van der Waals surface area contributed by atoms with Gasteiger partial charge >= 0.3 is 0 Å². The smallest absolute Gasteiger partial charge is 0.291 e. The second-order valence-corrected chi connectivity index (χ2v) is 7.46. The fourth-order valence-corrected chi connectivity index (χ4v) is 3.38. The van der Waals surface area contributed by atoms with Crippen molar-refractivity contribution < 1.29 is 17.8 Å². The summed E-state index contributed by atoms with van der Waals surface area (Å²) < 4.78 is 30.7. The Morgan fingerprint density at radius 1 is 1.19 bits per heavy atom. The molecule has 0 fully saturated rings. The van der Waals surface area contributed by atoms with Crippen molar-refractivity contribution in [1.82, 2.24) is 0 Å². The zero-order chi connectivity index (χ0) is 18.7. The van der Waals surface area contributed by atoms with Crippen molar-refractivity contribution in [3.8, 4) is 11.3 Å². The average molecular weight is 392 g/mol. The lowest BCUT2D eigenvalue weighted by atomic mass is 10.1. The molecule has 1 atom stereocenters. The molecular weight excluding hydrogens is 377 g/mol. The monoisotopic (exact) mass is 391 g/mol. The molecule has 1 amide bonds. The highest BCUT2D eigenvalue weighted by Crippen LogP contribution is 2.26. The molecule has 0 aliphatic carbocycles. The Hall–Kier alpha value is -2.44. The van der Waals surface area contributed by atoms with Crippen LogP contribution in [0.25, 0.3) is 11.3 Å². The van der Waals surface area contributed by atoms with Gasteiger partial charge in [-0.1, -0.05) is 23.7 Å². The fraction of sp³-hybridized carbons (Fsp3) is 0.105. The van der Waals surface area contributed by atoms with E-state index in [1.807, 2.05) is 0 Å². The first-order valence-electron chi connectivity index (χ1n) is 7.68. The van der Waals surface area contributed by atoms with Crippen LogP contribution in [0, 0.1) is 5.82 Å². The van der Waals surface area contributed by atoms with Crippen molar-refractivity contribution in [1.29, 1.82) is 0 Å². The van der Waals surface area contributed by atoms with Crippen molar-refractivity contribution in [3.63, 3.8) is 0 Å². The molecule has 26 heavy (non-hydrogen) atoms. The number of carbonyl (C=O) groups is 1. The van der Waals surface area contributed by atoms with E-state index in [-0.39, 0.29) is 17.1 Å². The first kappa shape index (κ1) is 18.4. The van der Waals surface area contributed by atoms with Gasteiger partial charge in [-0.05, 0) is 48.0 Å². The Bertz CT molecular complexity index is 986. The number of rotatable bonds is 5. The summed E-state index contributed by atoms with van der Waals surface area (Å²) in [4.78, 5) is 12.4. The summed E-state index contributed by atoms with van der Waals surface area (Å²) in [5.41, 5.74) is 1.46. The summed E-state index contributed by atoms with van der Waals surface area (Å²) in [7, 11) is -1.06. The van der Waals surface area contributed by atoms with E-state index >= 15 is 0 Å². The van der Waals surface area contributed by atoms with Crippen LogP contribution in [0.5, 0.6) is 0 Å². The predicted molar refractivity (Wildman–Crippen MR) is 101 cm³/mol. The number of anilines is 1. The van der Waals surface area contributed by atoms with Crippen LogP contribution in [0.4, 0.5) is 10.1 Å². The van der Waals surface area contributed by atoms with E-state index in [0.717, 1.165) is 0 Å². The van der Waals surface area contributed by atoms with Gasteiger partial charge in [-0.2, -0.15) is 0 Å². The third-order valence-corrected chi connectivity index (χ3v) is 4.72. The quantitative estimate of drug-likeness (QED) is 0.675. The third-order valence-electron chi connectivity index (χ3n) is 3.63. The number of furan rings is 1. The standard InChI is InChI=1S/C19H15ClFNO3S/c1-26(24)11-12-10-13(6-7-15(12)20)22-19(23)18-9-8-17(25-18)14-4-2-3-5-16(14)21/h2-10H,11H2,1H3,(H,22,23)/t26-/m1/s1. The molecule has 3 rings (SSSR count). The van der Waals surface area contributed by atoms with Gasteiger partial charge in [0.1, 0.15) is 11.6 Å². The Morgan fingerprint density at radius 3 is 2.69 bits per heavy atom. The van der Waals surface area contributed by atoms with Crippen LogP contribution in [-0.2, 0) is 16.6 Å². The highest BCUT2D eigenvalue weighted by molar-refractivity contribution is 7.83. The van der Waals surface area contributed by atoms with E-state index in [4.69, 9.17) is 16.0 Å². The number of hydrogen-bond donors (Lipinski definition) is 1. The number of nitrogens with one attached hydrogen (secondary N) is 1. The van der Waals surface area contributed by atoms with Gasteiger partial charge in [-0.3, -0.25) is 9.00 Å². The third kappa shape index (κ3) is 4.20. The number of carbonyl (C=O) groups excluding carboxylic acids is 1. The molecule has 0 bridgehead atoms. The molecule has 0 aliphatic heterocycles. The molecule has 4 nitrogen and oxygen atoms in total. The van der Waals surface area contributed by atoms with Crippen LogP contribution in [-0.4, -0.2) is 16.4 Å². The minimum absolute atomic E-state index is 0.0545. The molecule has 1 heterocycles. The molecule has 7 heteroatoms. The molecule has 0 aliphatic rings. The minimum atomic E-state index is -1.06. The molecule has 0 saturated heterocycles. The number of amides is 1. The van der Waals surface area contributed by atoms with Gasteiger partial charge in [0.2, 0.25) is 0 Å². The van der Waals surface area contributed by atoms with Gasteiger partial charge in [0.05, 0.1) is 5.56 Å². The van der Waals surface area contributed by atoms with Gasteiger partial charge in [0.25, 0.3) is 5.91 Å². The summed E-state index contributed by atoms with van der Waals surface area (Å²) in [5.74, 6) is -0.284. The molecule has 0 spiro atoms. The van der Waals surface area contributed by atoms with E-state index < -0.39 is 22.5 Å². The summed E-state index contributed by atoms with van der Waals surface area (Å²) in [6.07, 6.45) is 1.58. The van der Waals surface area contributed by atoms with Crippen LogP contribution in [0.1, 0.15) is 16.1 Å². The van der Waals surface area contributed by atoms with Crippen molar-refractivity contribution in [3.05, 3.63) is 76.8 Å². The summed E-state index contributed by atoms with van der Waals surface area (Å²) in [5, 5.41) is 3.18. The molecule has 1 N–H and O–H groups in total. The molecule has 2 aromatic carbocycles. The molecule has 0 saturated carbocycles. The van der Waals surface area contributed by atoms with Crippen molar-refractivity contribution >= 4 is 34.0 Å². The van der Waals surface area contributed by atoms with Crippen LogP contribution in [0.15, 0.2) is 59.0 Å². The van der Waals surface area contributed by atoms with E-state index in [2.05, 4.69) is 5.32 Å². The van der Waals surface area contributed by atoms with Gasteiger partial charge in [-0.25, -0.2) is 4.39 Å². The first-order chi connectivity index (χ1) is 12.4. The van der Waals surface area contributed by atoms with Gasteiger partial charge in [-0.15, -0.1) is 0 Å². The second kappa shape index (κ2) is 7.85. The van der Waals surface area contributed by atoms with Crippen LogP contribution in [0.2, 0.25) is 5.02 Å². The maximum absolute atomic E-state index is 13.8. The second-order valence-electron chi connectivity index (χ2n) is 5.62. The molecule has 3 aromatic rings.